The highest BCUT2D eigenvalue weighted by Crippen LogP contribution is 2.13. The van der Waals surface area contributed by atoms with E-state index in [0.29, 0.717) is 12.3 Å². The number of rotatable bonds is 6. The number of ether oxygens (including phenoxy) is 1. The monoisotopic (exact) mass is 293 g/mol. The maximum absolute atomic E-state index is 11.7. The van der Waals surface area contributed by atoms with E-state index in [-0.39, 0.29) is 18.4 Å². The van der Waals surface area contributed by atoms with Gasteiger partial charge < -0.3 is 20.7 Å². The molecule has 0 fully saturated rings. The van der Waals surface area contributed by atoms with Crippen LogP contribution in [-0.4, -0.2) is 43.0 Å². The molecule has 0 unspecified atom stereocenters. The van der Waals surface area contributed by atoms with E-state index in [1.54, 1.807) is 40.1 Å². The van der Waals surface area contributed by atoms with E-state index in [4.69, 9.17) is 10.5 Å². The minimum absolute atomic E-state index is 0.0152. The average molecular weight is 293 g/mol. The lowest BCUT2D eigenvalue weighted by molar-refractivity contribution is -0.130. The standard InChI is InChI=1S/C15H23N3O3/c1-15(2,16)14(20)17-9-11-6-5-7-12(8-11)21-10-13(19)18(3)4/h5-8H,9-10,16H2,1-4H3,(H,17,20). The third kappa shape index (κ3) is 5.83. The Hall–Kier alpha value is -2.08. The molecule has 0 aliphatic rings. The number of amides is 2. The van der Waals surface area contributed by atoms with Gasteiger partial charge in [-0.25, -0.2) is 0 Å². The highest BCUT2D eigenvalue weighted by atomic mass is 16.5. The Kier molecular flexibility index (Phi) is 5.72. The second kappa shape index (κ2) is 7.08. The van der Waals surface area contributed by atoms with Gasteiger partial charge in [0.1, 0.15) is 5.75 Å². The molecule has 116 valence electrons. The number of nitrogens with two attached hydrogens (primary N) is 1. The molecule has 0 aliphatic carbocycles. The molecule has 6 nitrogen and oxygen atoms in total. The first-order valence-corrected chi connectivity index (χ1v) is 6.69. The summed E-state index contributed by atoms with van der Waals surface area (Å²) < 4.78 is 5.42. The summed E-state index contributed by atoms with van der Waals surface area (Å²) in [6, 6.07) is 7.23. The maximum Gasteiger partial charge on any atom is 0.259 e. The van der Waals surface area contributed by atoms with Gasteiger partial charge in [0.15, 0.2) is 6.61 Å². The van der Waals surface area contributed by atoms with E-state index in [2.05, 4.69) is 5.32 Å². The highest BCUT2D eigenvalue weighted by molar-refractivity contribution is 5.85. The van der Waals surface area contributed by atoms with Gasteiger partial charge in [0.25, 0.3) is 5.91 Å². The molecule has 1 aromatic carbocycles. The van der Waals surface area contributed by atoms with Gasteiger partial charge >= 0.3 is 0 Å². The Labute approximate surface area is 125 Å². The SMILES string of the molecule is CN(C)C(=O)COc1cccc(CNC(=O)C(C)(C)N)c1. The molecule has 0 saturated heterocycles. The topological polar surface area (TPSA) is 84.7 Å². The van der Waals surface area contributed by atoms with Crippen LogP contribution in [0.25, 0.3) is 0 Å². The first kappa shape index (κ1) is 17.0. The predicted molar refractivity (Wildman–Crippen MR) is 80.7 cm³/mol. The minimum atomic E-state index is -0.910. The van der Waals surface area contributed by atoms with Crippen LogP contribution in [0.15, 0.2) is 24.3 Å². The molecule has 2 amide bonds. The fourth-order valence-electron chi connectivity index (χ4n) is 1.43. The van der Waals surface area contributed by atoms with Gasteiger partial charge in [0.2, 0.25) is 5.91 Å². The molecule has 0 aromatic heterocycles. The van der Waals surface area contributed by atoms with Gasteiger partial charge in [0.05, 0.1) is 5.54 Å². The van der Waals surface area contributed by atoms with E-state index in [1.807, 2.05) is 12.1 Å². The van der Waals surface area contributed by atoms with Crippen LogP contribution in [0.3, 0.4) is 0 Å². The van der Waals surface area contributed by atoms with Gasteiger partial charge in [-0.2, -0.15) is 0 Å². The van der Waals surface area contributed by atoms with Crippen molar-refractivity contribution in [1.82, 2.24) is 10.2 Å². The van der Waals surface area contributed by atoms with Crippen molar-refractivity contribution in [3.05, 3.63) is 29.8 Å². The molecular weight excluding hydrogens is 270 g/mol. The Morgan fingerprint density at radius 3 is 2.57 bits per heavy atom. The van der Waals surface area contributed by atoms with Crippen molar-refractivity contribution in [2.75, 3.05) is 20.7 Å². The Morgan fingerprint density at radius 1 is 1.33 bits per heavy atom. The highest BCUT2D eigenvalue weighted by Gasteiger charge is 2.21. The van der Waals surface area contributed by atoms with Gasteiger partial charge in [-0.05, 0) is 31.5 Å². The number of hydrogen-bond acceptors (Lipinski definition) is 4. The number of nitrogens with zero attached hydrogens (tertiary/aromatic N) is 1. The van der Waals surface area contributed by atoms with Crippen LogP contribution < -0.4 is 15.8 Å². The van der Waals surface area contributed by atoms with Crippen LogP contribution in [0.2, 0.25) is 0 Å². The zero-order chi connectivity index (χ0) is 16.0. The molecule has 0 atom stereocenters. The number of likely N-dealkylation sites (N-methyl/N-ethyl adjacent to an activating group) is 1. The number of carbonyl (C=O) groups excluding carboxylic acids is 2. The molecule has 1 aromatic rings. The van der Waals surface area contributed by atoms with E-state index in [1.165, 1.54) is 4.90 Å². The van der Waals surface area contributed by atoms with Crippen LogP contribution in [0.1, 0.15) is 19.4 Å². The normalized spacial score (nSPS) is 10.9. The number of hydrogen-bond donors (Lipinski definition) is 2. The maximum atomic E-state index is 11.7. The molecule has 21 heavy (non-hydrogen) atoms. The Balaban J connectivity index is 2.57. The van der Waals surface area contributed by atoms with Gasteiger partial charge in [-0.15, -0.1) is 0 Å². The third-order valence-corrected chi connectivity index (χ3v) is 2.80. The van der Waals surface area contributed by atoms with Crippen molar-refractivity contribution in [1.29, 1.82) is 0 Å². The third-order valence-electron chi connectivity index (χ3n) is 2.80. The first-order chi connectivity index (χ1) is 9.70. The van der Waals surface area contributed by atoms with Crippen LogP contribution >= 0.6 is 0 Å². The molecular formula is C15H23N3O3. The molecule has 0 radical (unpaired) electrons. The van der Waals surface area contributed by atoms with Gasteiger partial charge in [-0.1, -0.05) is 12.1 Å². The van der Waals surface area contributed by atoms with Crippen LogP contribution in [0.4, 0.5) is 0 Å². The summed E-state index contributed by atoms with van der Waals surface area (Å²) in [4.78, 5) is 24.6. The summed E-state index contributed by atoms with van der Waals surface area (Å²) in [5.74, 6) is 0.249. The average Bonchev–Trinajstić information content (AvgIpc) is 2.41. The van der Waals surface area contributed by atoms with Crippen molar-refractivity contribution in [3.63, 3.8) is 0 Å². The van der Waals surface area contributed by atoms with E-state index in [0.717, 1.165) is 5.56 Å². The summed E-state index contributed by atoms with van der Waals surface area (Å²) in [5.41, 5.74) is 5.67. The summed E-state index contributed by atoms with van der Waals surface area (Å²) in [5, 5.41) is 2.75. The molecule has 1 rings (SSSR count). The lowest BCUT2D eigenvalue weighted by atomic mass is 10.1. The summed E-state index contributed by atoms with van der Waals surface area (Å²) >= 11 is 0. The molecule has 0 heterocycles. The molecule has 0 aliphatic heterocycles. The number of carbonyl (C=O) groups is 2. The zero-order valence-corrected chi connectivity index (χ0v) is 13.0. The lowest BCUT2D eigenvalue weighted by Crippen LogP contribution is -2.48. The molecule has 3 N–H and O–H groups in total. The first-order valence-electron chi connectivity index (χ1n) is 6.69. The molecule has 6 heteroatoms. The Morgan fingerprint density at radius 2 is 2.00 bits per heavy atom. The number of nitrogens with one attached hydrogen (secondary N) is 1. The number of benzene rings is 1. The van der Waals surface area contributed by atoms with E-state index < -0.39 is 5.54 Å². The van der Waals surface area contributed by atoms with Crippen molar-refractivity contribution < 1.29 is 14.3 Å². The molecule has 0 saturated carbocycles. The van der Waals surface area contributed by atoms with E-state index >= 15 is 0 Å². The van der Waals surface area contributed by atoms with Crippen LogP contribution in [0.5, 0.6) is 5.75 Å². The van der Waals surface area contributed by atoms with Crippen molar-refractivity contribution >= 4 is 11.8 Å². The van der Waals surface area contributed by atoms with Crippen LogP contribution in [-0.2, 0) is 16.1 Å². The predicted octanol–water partition coefficient (Wildman–Crippen LogP) is 0.507. The minimum Gasteiger partial charge on any atom is -0.484 e. The summed E-state index contributed by atoms with van der Waals surface area (Å²) in [6.45, 7) is 3.64. The molecule has 0 bridgehead atoms. The second-order valence-electron chi connectivity index (χ2n) is 5.63. The summed E-state index contributed by atoms with van der Waals surface area (Å²) in [6.07, 6.45) is 0. The van der Waals surface area contributed by atoms with Crippen molar-refractivity contribution in [3.8, 4) is 5.75 Å². The van der Waals surface area contributed by atoms with Crippen molar-refractivity contribution in [2.24, 2.45) is 5.73 Å². The Bertz CT molecular complexity index is 507. The largest absolute Gasteiger partial charge is 0.484 e. The van der Waals surface area contributed by atoms with E-state index in [9.17, 15) is 9.59 Å². The lowest BCUT2D eigenvalue weighted by Gasteiger charge is -2.18. The van der Waals surface area contributed by atoms with Crippen molar-refractivity contribution in [2.45, 2.75) is 25.9 Å². The quantitative estimate of drug-likeness (QED) is 0.800. The summed E-state index contributed by atoms with van der Waals surface area (Å²) in [7, 11) is 3.35. The smallest absolute Gasteiger partial charge is 0.259 e. The van der Waals surface area contributed by atoms with Gasteiger partial charge in [-0.3, -0.25) is 9.59 Å². The second-order valence-corrected chi connectivity index (χ2v) is 5.63. The fourth-order valence-corrected chi connectivity index (χ4v) is 1.43. The molecule has 0 spiro atoms. The van der Waals surface area contributed by atoms with Crippen LogP contribution in [0, 0.1) is 0 Å². The fraction of sp³-hybridized carbons (Fsp3) is 0.467. The van der Waals surface area contributed by atoms with Gasteiger partial charge in [0, 0.05) is 20.6 Å². The zero-order valence-electron chi connectivity index (χ0n) is 13.0.